The summed E-state index contributed by atoms with van der Waals surface area (Å²) in [5.74, 6) is 1.64. The third kappa shape index (κ3) is 6.23. The largest absolute Gasteiger partial charge is 0.449 e. The summed E-state index contributed by atoms with van der Waals surface area (Å²) in [5, 5.41) is 3.85. The van der Waals surface area contributed by atoms with Crippen molar-refractivity contribution >= 4 is 62.4 Å². The zero-order valence-corrected chi connectivity index (χ0v) is 15.4. The molecule has 4 nitrogen and oxygen atoms in total. The van der Waals surface area contributed by atoms with Crippen LogP contribution in [-0.2, 0) is 10.5 Å². The van der Waals surface area contributed by atoms with Gasteiger partial charge in [0, 0.05) is 10.2 Å². The van der Waals surface area contributed by atoms with Crippen molar-refractivity contribution in [2.75, 3.05) is 5.75 Å². The summed E-state index contributed by atoms with van der Waals surface area (Å²) in [7, 11) is 0. The van der Waals surface area contributed by atoms with E-state index in [1.807, 2.05) is 30.3 Å². The molecule has 21 heavy (non-hydrogen) atoms. The van der Waals surface area contributed by atoms with Crippen LogP contribution in [0.1, 0.15) is 11.3 Å². The molecule has 110 valence electrons. The summed E-state index contributed by atoms with van der Waals surface area (Å²) in [6.45, 7) is 0. The Hall–Kier alpha value is -0.800. The van der Waals surface area contributed by atoms with Gasteiger partial charge in [-0.25, -0.2) is 5.43 Å². The molecule has 0 spiro atoms. The van der Waals surface area contributed by atoms with E-state index in [0.29, 0.717) is 11.5 Å². The van der Waals surface area contributed by atoms with Crippen LogP contribution in [0.3, 0.4) is 0 Å². The topological polar surface area (TPSA) is 54.6 Å². The van der Waals surface area contributed by atoms with E-state index in [-0.39, 0.29) is 5.91 Å². The number of hydrogen-bond acceptors (Lipinski definition) is 4. The van der Waals surface area contributed by atoms with Crippen molar-refractivity contribution in [2.45, 2.75) is 5.75 Å². The highest BCUT2D eigenvalue weighted by Gasteiger charge is 2.01. The Bertz CT molecular complexity index is 628. The summed E-state index contributed by atoms with van der Waals surface area (Å²) in [4.78, 5) is 11.6. The van der Waals surface area contributed by atoms with Crippen LogP contribution in [0, 0.1) is 3.77 Å². The SMILES string of the molecule is O=C(CSCc1ccc(Br)cc1)N/N=C/c1ccc(I)o1. The van der Waals surface area contributed by atoms with Crippen LogP contribution in [0.25, 0.3) is 0 Å². The van der Waals surface area contributed by atoms with Gasteiger partial charge in [0.25, 0.3) is 0 Å². The zero-order valence-electron chi connectivity index (χ0n) is 10.9. The zero-order chi connectivity index (χ0) is 15.1. The van der Waals surface area contributed by atoms with Crippen LogP contribution in [0.2, 0.25) is 0 Å². The van der Waals surface area contributed by atoms with Crippen LogP contribution >= 0.6 is 50.3 Å². The molecule has 0 unspecified atom stereocenters. The van der Waals surface area contributed by atoms with Gasteiger partial charge in [-0.2, -0.15) is 5.10 Å². The number of carbonyl (C=O) groups is 1. The minimum atomic E-state index is -0.130. The Morgan fingerprint density at radius 2 is 2.10 bits per heavy atom. The van der Waals surface area contributed by atoms with E-state index in [0.717, 1.165) is 14.0 Å². The molecular weight excluding hydrogens is 467 g/mol. The van der Waals surface area contributed by atoms with E-state index in [1.165, 1.54) is 11.8 Å². The Kier molecular flexibility index (Phi) is 6.78. The number of nitrogens with zero attached hydrogens (tertiary/aromatic N) is 1. The number of hydrazone groups is 1. The second-order valence-corrected chi connectivity index (χ2v) is 7.02. The molecule has 1 N–H and O–H groups in total. The first-order valence-corrected chi connectivity index (χ1v) is 9.05. The summed E-state index contributed by atoms with van der Waals surface area (Å²) in [5.41, 5.74) is 3.66. The third-order valence-corrected chi connectivity index (χ3v) is 4.50. The van der Waals surface area contributed by atoms with Gasteiger partial charge in [0.15, 0.2) is 3.77 Å². The first-order chi connectivity index (χ1) is 10.1. The number of furan rings is 1. The normalized spacial score (nSPS) is 11.0. The Balaban J connectivity index is 1.68. The number of carbonyl (C=O) groups excluding carboxylic acids is 1. The van der Waals surface area contributed by atoms with Crippen molar-refractivity contribution in [2.24, 2.45) is 5.10 Å². The van der Waals surface area contributed by atoms with Gasteiger partial charge < -0.3 is 4.42 Å². The van der Waals surface area contributed by atoms with E-state index in [9.17, 15) is 4.79 Å². The number of nitrogens with one attached hydrogen (secondary N) is 1. The molecular formula is C14H12BrIN2O2S. The molecule has 1 aromatic heterocycles. The quantitative estimate of drug-likeness (QED) is 0.387. The Morgan fingerprint density at radius 1 is 1.33 bits per heavy atom. The van der Waals surface area contributed by atoms with Crippen molar-refractivity contribution in [1.29, 1.82) is 0 Å². The third-order valence-electron chi connectivity index (χ3n) is 2.39. The molecule has 1 heterocycles. The first-order valence-electron chi connectivity index (χ1n) is 6.03. The highest BCUT2D eigenvalue weighted by atomic mass is 127. The maximum absolute atomic E-state index is 11.6. The van der Waals surface area contributed by atoms with E-state index < -0.39 is 0 Å². The highest BCUT2D eigenvalue weighted by Crippen LogP contribution is 2.15. The average Bonchev–Trinajstić information content (AvgIpc) is 2.87. The predicted octanol–water partition coefficient (Wildman–Crippen LogP) is 4.03. The van der Waals surface area contributed by atoms with Crippen LogP contribution < -0.4 is 5.43 Å². The van der Waals surface area contributed by atoms with Crippen LogP contribution in [0.4, 0.5) is 0 Å². The van der Waals surface area contributed by atoms with Gasteiger partial charge >= 0.3 is 0 Å². The molecule has 7 heteroatoms. The number of rotatable bonds is 6. The minimum absolute atomic E-state index is 0.130. The number of hydrogen-bond donors (Lipinski definition) is 1. The van der Waals surface area contributed by atoms with Gasteiger partial charge in [0.05, 0.1) is 12.0 Å². The van der Waals surface area contributed by atoms with Crippen molar-refractivity contribution in [1.82, 2.24) is 5.43 Å². The van der Waals surface area contributed by atoms with E-state index in [2.05, 4.69) is 49.0 Å². The fourth-order valence-corrected chi connectivity index (χ4v) is 2.92. The molecule has 1 amide bonds. The lowest BCUT2D eigenvalue weighted by Gasteiger charge is -2.01. The van der Waals surface area contributed by atoms with E-state index in [4.69, 9.17) is 4.42 Å². The monoisotopic (exact) mass is 478 g/mol. The number of thioether (sulfide) groups is 1. The summed E-state index contributed by atoms with van der Waals surface area (Å²) >= 11 is 7.01. The molecule has 0 atom stereocenters. The van der Waals surface area contributed by atoms with Gasteiger partial charge in [-0.3, -0.25) is 4.79 Å². The van der Waals surface area contributed by atoms with E-state index in [1.54, 1.807) is 17.8 Å². The van der Waals surface area contributed by atoms with Gasteiger partial charge in [0.1, 0.15) is 5.76 Å². The summed E-state index contributed by atoms with van der Waals surface area (Å²) in [6.07, 6.45) is 1.49. The van der Waals surface area contributed by atoms with E-state index >= 15 is 0 Å². The summed E-state index contributed by atoms with van der Waals surface area (Å²) < 4.78 is 7.13. The summed E-state index contributed by atoms with van der Waals surface area (Å²) in [6, 6.07) is 11.7. The van der Waals surface area contributed by atoms with Gasteiger partial charge in [-0.05, 0) is 52.4 Å². The second-order valence-electron chi connectivity index (χ2n) is 4.05. The molecule has 2 rings (SSSR count). The molecule has 0 saturated heterocycles. The van der Waals surface area contributed by atoms with Crippen LogP contribution in [0.5, 0.6) is 0 Å². The molecule has 1 aromatic carbocycles. The fourth-order valence-electron chi connectivity index (χ4n) is 1.44. The van der Waals surface area contributed by atoms with Crippen molar-refractivity contribution in [3.63, 3.8) is 0 Å². The lowest BCUT2D eigenvalue weighted by Crippen LogP contribution is -2.19. The number of benzene rings is 1. The first kappa shape index (κ1) is 16.6. The molecule has 2 aromatic rings. The number of amides is 1. The maximum atomic E-state index is 11.6. The van der Waals surface area contributed by atoms with Crippen LogP contribution in [-0.4, -0.2) is 17.9 Å². The van der Waals surface area contributed by atoms with Crippen molar-refractivity contribution in [3.8, 4) is 0 Å². The second kappa shape index (κ2) is 8.60. The molecule has 0 fully saturated rings. The molecule has 0 bridgehead atoms. The predicted molar refractivity (Wildman–Crippen MR) is 97.5 cm³/mol. The average molecular weight is 479 g/mol. The van der Waals surface area contributed by atoms with Crippen molar-refractivity contribution in [3.05, 3.63) is 56.0 Å². The maximum Gasteiger partial charge on any atom is 0.250 e. The fraction of sp³-hybridized carbons (Fsp3) is 0.143. The molecule has 0 aliphatic rings. The number of halogens is 2. The lowest BCUT2D eigenvalue weighted by atomic mass is 10.2. The van der Waals surface area contributed by atoms with Gasteiger partial charge in [-0.15, -0.1) is 11.8 Å². The smallest absolute Gasteiger partial charge is 0.250 e. The van der Waals surface area contributed by atoms with Crippen LogP contribution in [0.15, 0.2) is 50.4 Å². The van der Waals surface area contributed by atoms with Crippen molar-refractivity contribution < 1.29 is 9.21 Å². The Morgan fingerprint density at radius 3 is 2.76 bits per heavy atom. The molecule has 0 saturated carbocycles. The highest BCUT2D eigenvalue weighted by molar-refractivity contribution is 14.1. The molecule has 0 aliphatic heterocycles. The van der Waals surface area contributed by atoms with Gasteiger partial charge in [-0.1, -0.05) is 28.1 Å². The van der Waals surface area contributed by atoms with Gasteiger partial charge in [0.2, 0.25) is 5.91 Å². The minimum Gasteiger partial charge on any atom is -0.449 e. The standard InChI is InChI=1S/C14H12BrIN2O2S/c15-11-3-1-10(2-4-11)8-21-9-14(19)18-17-7-12-5-6-13(16)20-12/h1-7H,8-9H2,(H,18,19)/b17-7+. The lowest BCUT2D eigenvalue weighted by molar-refractivity contribution is -0.118. The molecule has 0 aliphatic carbocycles. The Labute approximate surface area is 149 Å². The molecule has 0 radical (unpaired) electrons.